The highest BCUT2D eigenvalue weighted by atomic mass is 16.5. The third kappa shape index (κ3) is 2.73. The van der Waals surface area contributed by atoms with E-state index in [2.05, 4.69) is 6.58 Å². The Labute approximate surface area is 135 Å². The molecular formula is C20H18O3. The lowest BCUT2D eigenvalue weighted by molar-refractivity contribution is 0.415. The zero-order chi connectivity index (χ0) is 16.4. The maximum absolute atomic E-state index is 10.4. The molecule has 116 valence electrons. The van der Waals surface area contributed by atoms with Gasteiger partial charge in [0.25, 0.3) is 0 Å². The van der Waals surface area contributed by atoms with Crippen LogP contribution in [0.15, 0.2) is 61.2 Å². The van der Waals surface area contributed by atoms with Crippen molar-refractivity contribution in [1.29, 1.82) is 0 Å². The SMILES string of the molecule is C=C(c1ccc(OC)cc1)c1c(O)ccc2ccc(OC)cc12. The predicted molar refractivity (Wildman–Crippen MR) is 93.3 cm³/mol. The fourth-order valence-corrected chi connectivity index (χ4v) is 2.67. The van der Waals surface area contributed by atoms with Gasteiger partial charge in [-0.25, -0.2) is 0 Å². The molecule has 3 aromatic carbocycles. The molecule has 0 aliphatic rings. The Morgan fingerprint density at radius 1 is 0.870 bits per heavy atom. The summed E-state index contributed by atoms with van der Waals surface area (Å²) in [6.45, 7) is 4.18. The summed E-state index contributed by atoms with van der Waals surface area (Å²) in [6, 6.07) is 17.0. The van der Waals surface area contributed by atoms with Crippen LogP contribution in [0.4, 0.5) is 0 Å². The Balaban J connectivity index is 2.16. The molecule has 3 nitrogen and oxygen atoms in total. The first-order valence-corrected chi connectivity index (χ1v) is 7.27. The first-order chi connectivity index (χ1) is 11.1. The molecule has 0 aliphatic heterocycles. The van der Waals surface area contributed by atoms with Gasteiger partial charge in [0, 0.05) is 5.56 Å². The number of ether oxygens (including phenoxy) is 2. The van der Waals surface area contributed by atoms with Crippen LogP contribution in [0.1, 0.15) is 11.1 Å². The van der Waals surface area contributed by atoms with Crippen molar-refractivity contribution in [2.45, 2.75) is 0 Å². The van der Waals surface area contributed by atoms with E-state index in [0.717, 1.165) is 33.4 Å². The first kappa shape index (κ1) is 15.0. The van der Waals surface area contributed by atoms with E-state index in [0.29, 0.717) is 5.56 Å². The molecule has 3 rings (SSSR count). The molecule has 0 fully saturated rings. The second kappa shape index (κ2) is 6.05. The number of benzene rings is 3. The lowest BCUT2D eigenvalue weighted by Gasteiger charge is -2.13. The summed E-state index contributed by atoms with van der Waals surface area (Å²) in [6.07, 6.45) is 0. The van der Waals surface area contributed by atoms with Crippen molar-refractivity contribution in [3.8, 4) is 17.2 Å². The summed E-state index contributed by atoms with van der Waals surface area (Å²) in [5.74, 6) is 1.73. The summed E-state index contributed by atoms with van der Waals surface area (Å²) in [4.78, 5) is 0. The topological polar surface area (TPSA) is 38.7 Å². The van der Waals surface area contributed by atoms with Crippen molar-refractivity contribution >= 4 is 16.3 Å². The van der Waals surface area contributed by atoms with Crippen LogP contribution in [0.25, 0.3) is 16.3 Å². The maximum atomic E-state index is 10.4. The number of phenols is 1. The van der Waals surface area contributed by atoms with Gasteiger partial charge in [-0.05, 0) is 52.2 Å². The molecule has 3 aromatic rings. The van der Waals surface area contributed by atoms with Crippen LogP contribution in [-0.2, 0) is 0 Å². The van der Waals surface area contributed by atoms with E-state index in [9.17, 15) is 5.11 Å². The minimum absolute atomic E-state index is 0.201. The Bertz CT molecular complexity index is 864. The third-order valence-corrected chi connectivity index (χ3v) is 3.95. The van der Waals surface area contributed by atoms with Gasteiger partial charge in [0.1, 0.15) is 17.2 Å². The van der Waals surface area contributed by atoms with Crippen LogP contribution < -0.4 is 9.47 Å². The van der Waals surface area contributed by atoms with E-state index < -0.39 is 0 Å². The summed E-state index contributed by atoms with van der Waals surface area (Å²) < 4.78 is 10.5. The van der Waals surface area contributed by atoms with E-state index in [1.54, 1.807) is 20.3 Å². The Kier molecular flexibility index (Phi) is 3.94. The second-order valence-electron chi connectivity index (χ2n) is 5.25. The molecule has 0 spiro atoms. The van der Waals surface area contributed by atoms with Crippen LogP contribution >= 0.6 is 0 Å². The van der Waals surface area contributed by atoms with Gasteiger partial charge < -0.3 is 14.6 Å². The Morgan fingerprint density at radius 2 is 1.48 bits per heavy atom. The van der Waals surface area contributed by atoms with E-state index in [1.807, 2.05) is 48.5 Å². The van der Waals surface area contributed by atoms with Gasteiger partial charge in [0.2, 0.25) is 0 Å². The van der Waals surface area contributed by atoms with Crippen molar-refractivity contribution in [3.05, 3.63) is 72.3 Å². The molecule has 23 heavy (non-hydrogen) atoms. The van der Waals surface area contributed by atoms with Gasteiger partial charge in [-0.2, -0.15) is 0 Å². The molecule has 0 amide bonds. The molecule has 0 aromatic heterocycles. The first-order valence-electron chi connectivity index (χ1n) is 7.27. The van der Waals surface area contributed by atoms with Crippen molar-refractivity contribution in [1.82, 2.24) is 0 Å². The molecule has 0 heterocycles. The minimum atomic E-state index is 0.201. The van der Waals surface area contributed by atoms with E-state index in [4.69, 9.17) is 9.47 Å². The van der Waals surface area contributed by atoms with Crippen LogP contribution in [0, 0.1) is 0 Å². The number of aromatic hydroxyl groups is 1. The van der Waals surface area contributed by atoms with Gasteiger partial charge in [0.15, 0.2) is 0 Å². The van der Waals surface area contributed by atoms with Crippen molar-refractivity contribution in [2.75, 3.05) is 14.2 Å². The van der Waals surface area contributed by atoms with Crippen LogP contribution in [0.5, 0.6) is 17.2 Å². The quantitative estimate of drug-likeness (QED) is 0.764. The van der Waals surface area contributed by atoms with Crippen molar-refractivity contribution in [2.24, 2.45) is 0 Å². The number of phenolic OH excluding ortho intramolecular Hbond substituents is 1. The lowest BCUT2D eigenvalue weighted by Crippen LogP contribution is -1.91. The Morgan fingerprint density at radius 3 is 2.13 bits per heavy atom. The number of rotatable bonds is 4. The monoisotopic (exact) mass is 306 g/mol. The molecule has 1 N–H and O–H groups in total. The standard InChI is InChI=1S/C20H18O3/c1-13(14-4-8-16(22-2)9-5-14)20-18-12-17(23-3)10-6-15(18)7-11-19(20)21/h4-12,21H,1H2,2-3H3. The van der Waals surface area contributed by atoms with Gasteiger partial charge in [0.05, 0.1) is 14.2 Å². The van der Waals surface area contributed by atoms with E-state index in [-0.39, 0.29) is 5.75 Å². The summed E-state index contributed by atoms with van der Waals surface area (Å²) in [5.41, 5.74) is 2.40. The molecule has 3 heteroatoms. The highest BCUT2D eigenvalue weighted by Crippen LogP contribution is 2.37. The second-order valence-corrected chi connectivity index (χ2v) is 5.25. The molecule has 0 radical (unpaired) electrons. The van der Waals surface area contributed by atoms with Crippen molar-refractivity contribution < 1.29 is 14.6 Å². The number of hydrogen-bond acceptors (Lipinski definition) is 3. The van der Waals surface area contributed by atoms with Crippen LogP contribution in [0.3, 0.4) is 0 Å². The zero-order valence-corrected chi connectivity index (χ0v) is 13.2. The number of hydrogen-bond donors (Lipinski definition) is 1. The highest BCUT2D eigenvalue weighted by Gasteiger charge is 2.13. The average Bonchev–Trinajstić information content (AvgIpc) is 2.60. The molecule has 0 aliphatic carbocycles. The van der Waals surface area contributed by atoms with Crippen LogP contribution in [-0.4, -0.2) is 19.3 Å². The van der Waals surface area contributed by atoms with E-state index in [1.165, 1.54) is 0 Å². The molecule has 0 atom stereocenters. The minimum Gasteiger partial charge on any atom is -0.507 e. The van der Waals surface area contributed by atoms with E-state index >= 15 is 0 Å². The summed E-state index contributed by atoms with van der Waals surface area (Å²) in [5, 5.41) is 12.3. The maximum Gasteiger partial charge on any atom is 0.124 e. The average molecular weight is 306 g/mol. The molecule has 0 bridgehead atoms. The summed E-state index contributed by atoms with van der Waals surface area (Å²) >= 11 is 0. The largest absolute Gasteiger partial charge is 0.507 e. The molecule has 0 unspecified atom stereocenters. The Hall–Kier alpha value is -2.94. The predicted octanol–water partition coefficient (Wildman–Crippen LogP) is 4.62. The van der Waals surface area contributed by atoms with Gasteiger partial charge in [-0.1, -0.05) is 30.8 Å². The zero-order valence-electron chi connectivity index (χ0n) is 13.2. The van der Waals surface area contributed by atoms with Crippen molar-refractivity contribution in [3.63, 3.8) is 0 Å². The van der Waals surface area contributed by atoms with Crippen LogP contribution in [0.2, 0.25) is 0 Å². The van der Waals surface area contributed by atoms with Gasteiger partial charge >= 0.3 is 0 Å². The molecular weight excluding hydrogens is 288 g/mol. The number of fused-ring (bicyclic) bond motifs is 1. The molecule has 0 saturated carbocycles. The normalized spacial score (nSPS) is 10.5. The third-order valence-electron chi connectivity index (χ3n) is 3.95. The van der Waals surface area contributed by atoms with Gasteiger partial charge in [-0.3, -0.25) is 0 Å². The molecule has 0 saturated heterocycles. The van der Waals surface area contributed by atoms with Gasteiger partial charge in [-0.15, -0.1) is 0 Å². The fraction of sp³-hybridized carbons (Fsp3) is 0.100. The summed E-state index contributed by atoms with van der Waals surface area (Å²) in [7, 11) is 3.26. The smallest absolute Gasteiger partial charge is 0.124 e. The lowest BCUT2D eigenvalue weighted by atomic mass is 9.93. The fourth-order valence-electron chi connectivity index (χ4n) is 2.67. The number of methoxy groups -OCH3 is 2. The highest BCUT2D eigenvalue weighted by molar-refractivity contribution is 6.00.